The van der Waals surface area contributed by atoms with E-state index >= 15 is 0 Å². The Hall–Kier alpha value is -3.30. The largest absolute Gasteiger partial charge is 0.460 e. The highest BCUT2D eigenvalue weighted by Crippen LogP contribution is 2.38. The second kappa shape index (κ2) is 7.19. The first-order valence-corrected chi connectivity index (χ1v) is 9.33. The average Bonchev–Trinajstić information content (AvgIpc) is 2.98. The molecule has 1 aromatic carbocycles. The van der Waals surface area contributed by atoms with Gasteiger partial charge < -0.3 is 15.0 Å². The van der Waals surface area contributed by atoms with Gasteiger partial charge in [-0.1, -0.05) is 12.1 Å². The van der Waals surface area contributed by atoms with Gasteiger partial charge in [-0.3, -0.25) is 14.3 Å². The van der Waals surface area contributed by atoms with Gasteiger partial charge in [0.15, 0.2) is 0 Å². The molecule has 0 saturated carbocycles. The molecule has 10 heteroatoms. The third-order valence-electron chi connectivity index (χ3n) is 5.40. The molecular formula is C20H19F3N4O3. The van der Waals surface area contributed by atoms with E-state index in [4.69, 9.17) is 4.74 Å². The minimum atomic E-state index is -4.34. The number of nitrogens with zero attached hydrogens (tertiary/aromatic N) is 3. The Morgan fingerprint density at radius 1 is 1.27 bits per heavy atom. The molecule has 0 saturated heterocycles. The molecule has 30 heavy (non-hydrogen) atoms. The van der Waals surface area contributed by atoms with Crippen molar-refractivity contribution in [1.82, 2.24) is 15.1 Å². The van der Waals surface area contributed by atoms with Crippen molar-refractivity contribution < 1.29 is 27.5 Å². The molecule has 2 aromatic rings. The number of aryl methyl sites for hydroxylation is 2. The molecule has 2 aliphatic rings. The second-order valence-corrected chi connectivity index (χ2v) is 7.31. The van der Waals surface area contributed by atoms with Crippen LogP contribution < -0.4 is 15.0 Å². The molecule has 0 radical (unpaired) electrons. The van der Waals surface area contributed by atoms with Crippen LogP contribution in [0.3, 0.4) is 0 Å². The molecule has 1 aliphatic carbocycles. The summed E-state index contributed by atoms with van der Waals surface area (Å²) in [6.45, 7) is 0. The van der Waals surface area contributed by atoms with Crippen LogP contribution in [0.5, 0.6) is 5.75 Å². The number of amides is 2. The van der Waals surface area contributed by atoms with E-state index in [-0.39, 0.29) is 36.2 Å². The molecule has 7 nitrogen and oxygen atoms in total. The molecule has 0 fully saturated rings. The number of hydrogen-bond donors (Lipinski definition) is 1. The molecule has 2 heterocycles. The highest BCUT2D eigenvalue weighted by atomic mass is 19.4. The number of alkyl halides is 3. The summed E-state index contributed by atoms with van der Waals surface area (Å²) in [6.07, 6.45) is -3.45. The smallest absolute Gasteiger partial charge is 0.392 e. The predicted octanol–water partition coefficient (Wildman–Crippen LogP) is 2.71. The second-order valence-electron chi connectivity index (χ2n) is 7.31. The van der Waals surface area contributed by atoms with Gasteiger partial charge in [0, 0.05) is 19.7 Å². The quantitative estimate of drug-likeness (QED) is 0.811. The third kappa shape index (κ3) is 3.42. The predicted molar refractivity (Wildman–Crippen MR) is 101 cm³/mol. The molecular weight excluding hydrogens is 401 g/mol. The van der Waals surface area contributed by atoms with E-state index in [0.29, 0.717) is 17.1 Å². The Labute approximate surface area is 170 Å². The topological polar surface area (TPSA) is 76.5 Å². The summed E-state index contributed by atoms with van der Waals surface area (Å²) < 4.78 is 46.4. The number of fused-ring (bicyclic) bond motifs is 2. The summed E-state index contributed by atoms with van der Waals surface area (Å²) in [4.78, 5) is 27.0. The Kier molecular flexibility index (Phi) is 4.79. The lowest BCUT2D eigenvalue weighted by Gasteiger charge is -2.24. The molecule has 1 atom stereocenters. The van der Waals surface area contributed by atoms with Crippen molar-refractivity contribution in [2.24, 2.45) is 13.0 Å². The lowest BCUT2D eigenvalue weighted by atomic mass is 9.86. The molecule has 1 N–H and O–H groups in total. The Balaban J connectivity index is 1.61. The summed E-state index contributed by atoms with van der Waals surface area (Å²) in [5, 5.41) is 6.69. The first-order chi connectivity index (χ1) is 14.2. The number of likely N-dealkylation sites (N-methyl/N-ethyl adjacent to an activating group) is 1. The lowest BCUT2D eigenvalue weighted by Crippen LogP contribution is -2.37. The van der Waals surface area contributed by atoms with Crippen LogP contribution in [0.1, 0.15) is 28.2 Å². The van der Waals surface area contributed by atoms with E-state index in [2.05, 4.69) is 10.4 Å². The molecule has 1 aliphatic heterocycles. The van der Waals surface area contributed by atoms with Crippen LogP contribution in [0, 0.1) is 5.92 Å². The summed E-state index contributed by atoms with van der Waals surface area (Å²) in [5.74, 6) is -2.32. The van der Waals surface area contributed by atoms with Crippen LogP contribution in [0.4, 0.5) is 18.9 Å². The number of carbonyl (C=O) groups excluding carboxylic acids is 2. The van der Waals surface area contributed by atoms with Crippen molar-refractivity contribution in [3.05, 3.63) is 53.2 Å². The fraction of sp³-hybridized carbons (Fsp3) is 0.350. The minimum absolute atomic E-state index is 0.0112. The molecule has 1 aromatic heterocycles. The van der Waals surface area contributed by atoms with Crippen molar-refractivity contribution in [1.29, 1.82) is 0 Å². The summed E-state index contributed by atoms with van der Waals surface area (Å²) >= 11 is 0. The summed E-state index contributed by atoms with van der Waals surface area (Å²) in [5.41, 5.74) is 1.15. The molecule has 4 rings (SSSR count). The zero-order chi connectivity index (χ0) is 21.6. The number of ether oxygens (including phenoxy) is 1. The maximum atomic E-state index is 13.2. The van der Waals surface area contributed by atoms with Crippen LogP contribution in [0.15, 0.2) is 36.2 Å². The van der Waals surface area contributed by atoms with Gasteiger partial charge in [0.05, 0.1) is 17.3 Å². The Morgan fingerprint density at radius 2 is 2.00 bits per heavy atom. The number of benzene rings is 1. The van der Waals surface area contributed by atoms with E-state index in [0.717, 1.165) is 6.26 Å². The highest BCUT2D eigenvalue weighted by Gasteiger charge is 2.43. The number of hydrogen-bond acceptors (Lipinski definition) is 4. The standard InChI is InChI=1S/C20H19F3N4O3/c1-26-15-5-3-4-6-16(15)30-10-14(19(26)29)24-18(28)17-12-9-11(20(21,22)23)7-8-13(12)25-27(17)2/h3-6,10-11H,7-9H2,1-2H3,(H,24,28)/t11-/m1/s1. The fourth-order valence-electron chi connectivity index (χ4n) is 3.82. The third-order valence-corrected chi connectivity index (χ3v) is 5.40. The zero-order valence-corrected chi connectivity index (χ0v) is 16.3. The van der Waals surface area contributed by atoms with Crippen molar-refractivity contribution in [3.63, 3.8) is 0 Å². The van der Waals surface area contributed by atoms with Crippen molar-refractivity contribution in [2.75, 3.05) is 11.9 Å². The van der Waals surface area contributed by atoms with Gasteiger partial charge in [-0.15, -0.1) is 0 Å². The number of nitrogens with one attached hydrogen (secondary N) is 1. The van der Waals surface area contributed by atoms with Crippen molar-refractivity contribution in [2.45, 2.75) is 25.4 Å². The fourth-order valence-corrected chi connectivity index (χ4v) is 3.82. The Morgan fingerprint density at radius 3 is 2.73 bits per heavy atom. The van der Waals surface area contributed by atoms with E-state index < -0.39 is 23.9 Å². The molecule has 0 spiro atoms. The first-order valence-electron chi connectivity index (χ1n) is 9.33. The maximum Gasteiger partial charge on any atom is 0.392 e. The summed E-state index contributed by atoms with van der Waals surface area (Å²) in [6, 6.07) is 6.86. The number of aromatic nitrogens is 2. The van der Waals surface area contributed by atoms with Crippen LogP contribution in [0.25, 0.3) is 0 Å². The minimum Gasteiger partial charge on any atom is -0.460 e. The lowest BCUT2D eigenvalue weighted by molar-refractivity contribution is -0.177. The summed E-state index contributed by atoms with van der Waals surface area (Å²) in [7, 11) is 3.04. The van der Waals surface area contributed by atoms with Gasteiger partial charge in [-0.25, -0.2) is 0 Å². The van der Waals surface area contributed by atoms with Crippen LogP contribution in [-0.2, 0) is 24.7 Å². The number of anilines is 1. The van der Waals surface area contributed by atoms with E-state index in [9.17, 15) is 22.8 Å². The SMILES string of the molecule is CN1C(=O)C(NC(=O)c2c3c(nn2C)CC[C@@H](C(F)(F)F)C3)=COc2ccccc21. The number of para-hydroxylation sites is 2. The number of rotatable bonds is 2. The van der Waals surface area contributed by atoms with Gasteiger partial charge >= 0.3 is 6.18 Å². The normalized spacial score (nSPS) is 18.7. The molecule has 158 valence electrons. The van der Waals surface area contributed by atoms with Crippen LogP contribution in [0.2, 0.25) is 0 Å². The average molecular weight is 420 g/mol. The van der Waals surface area contributed by atoms with Gasteiger partial charge in [-0.05, 0) is 31.4 Å². The molecule has 0 bridgehead atoms. The van der Waals surface area contributed by atoms with Crippen molar-refractivity contribution in [3.8, 4) is 5.75 Å². The van der Waals surface area contributed by atoms with Gasteiger partial charge in [-0.2, -0.15) is 18.3 Å². The molecule has 0 unspecified atom stereocenters. The monoisotopic (exact) mass is 420 g/mol. The number of carbonyl (C=O) groups is 2. The van der Waals surface area contributed by atoms with E-state index in [1.54, 1.807) is 24.3 Å². The van der Waals surface area contributed by atoms with E-state index in [1.165, 1.54) is 23.7 Å². The highest BCUT2D eigenvalue weighted by molar-refractivity contribution is 6.10. The Bertz CT molecular complexity index is 1060. The maximum absolute atomic E-state index is 13.2. The van der Waals surface area contributed by atoms with E-state index in [1.807, 2.05) is 0 Å². The van der Waals surface area contributed by atoms with Gasteiger partial charge in [0.2, 0.25) is 0 Å². The zero-order valence-electron chi connectivity index (χ0n) is 16.3. The first kappa shape index (κ1) is 20.0. The van der Waals surface area contributed by atoms with Crippen LogP contribution in [-0.4, -0.2) is 34.8 Å². The van der Waals surface area contributed by atoms with Crippen molar-refractivity contribution >= 4 is 17.5 Å². The molecule has 2 amide bonds. The van der Waals surface area contributed by atoms with Gasteiger partial charge in [0.25, 0.3) is 11.8 Å². The van der Waals surface area contributed by atoms with Gasteiger partial charge in [0.1, 0.15) is 23.4 Å². The number of halogens is 3. The van der Waals surface area contributed by atoms with Crippen LogP contribution >= 0.6 is 0 Å².